The molecule has 0 aliphatic carbocycles. The normalized spacial score (nSPS) is 16.8. The average Bonchev–Trinajstić information content (AvgIpc) is 2.93. The van der Waals surface area contributed by atoms with E-state index in [1.54, 1.807) is 10.6 Å². The Morgan fingerprint density at radius 3 is 2.75 bits per heavy atom. The fourth-order valence-corrected chi connectivity index (χ4v) is 3.22. The summed E-state index contributed by atoms with van der Waals surface area (Å²) >= 11 is 0. The first-order chi connectivity index (χ1) is 11.6. The van der Waals surface area contributed by atoms with Gasteiger partial charge in [-0.25, -0.2) is 9.37 Å². The van der Waals surface area contributed by atoms with Crippen LogP contribution < -0.4 is 5.56 Å². The van der Waals surface area contributed by atoms with Gasteiger partial charge in [0.25, 0.3) is 5.56 Å². The molecule has 0 radical (unpaired) electrons. The first-order valence-electron chi connectivity index (χ1n) is 8.07. The largest absolute Gasteiger partial charge is 0.296 e. The molecule has 3 aromatic rings. The Labute approximate surface area is 139 Å². The van der Waals surface area contributed by atoms with Gasteiger partial charge in [0, 0.05) is 13.0 Å². The predicted molar refractivity (Wildman–Crippen MR) is 94.2 cm³/mol. The van der Waals surface area contributed by atoms with Crippen LogP contribution in [0.25, 0.3) is 23.1 Å². The molecule has 0 fully saturated rings. The van der Waals surface area contributed by atoms with Crippen LogP contribution in [-0.4, -0.2) is 9.55 Å². The zero-order valence-electron chi connectivity index (χ0n) is 13.4. The molecule has 120 valence electrons. The van der Waals surface area contributed by atoms with Gasteiger partial charge in [-0.1, -0.05) is 37.3 Å². The van der Waals surface area contributed by atoms with Crippen molar-refractivity contribution < 1.29 is 4.39 Å². The topological polar surface area (TPSA) is 34.9 Å². The monoisotopic (exact) mass is 320 g/mol. The molecule has 0 N–H and O–H groups in total. The highest BCUT2D eigenvalue weighted by Gasteiger charge is 2.21. The Morgan fingerprint density at radius 2 is 1.96 bits per heavy atom. The number of benzene rings is 2. The van der Waals surface area contributed by atoms with E-state index in [0.717, 1.165) is 35.4 Å². The molecule has 0 spiro atoms. The Kier molecular flexibility index (Phi) is 3.53. The minimum atomic E-state index is -0.255. The molecular formula is C20H17FN2O. The van der Waals surface area contributed by atoms with Crippen LogP contribution in [0.5, 0.6) is 0 Å². The maximum absolute atomic E-state index is 13.2. The number of halogens is 1. The van der Waals surface area contributed by atoms with Crippen molar-refractivity contribution >= 4 is 23.1 Å². The molecule has 1 unspecified atom stereocenters. The van der Waals surface area contributed by atoms with Crippen LogP contribution in [0.15, 0.2) is 47.3 Å². The molecule has 24 heavy (non-hydrogen) atoms. The van der Waals surface area contributed by atoms with Crippen LogP contribution in [0.4, 0.5) is 4.39 Å². The summed E-state index contributed by atoms with van der Waals surface area (Å²) in [5.41, 5.74) is 2.50. The van der Waals surface area contributed by atoms with E-state index >= 15 is 0 Å². The summed E-state index contributed by atoms with van der Waals surface area (Å²) in [6.45, 7) is 2.88. The van der Waals surface area contributed by atoms with E-state index < -0.39 is 0 Å². The molecule has 1 aliphatic rings. The number of hydrogen-bond acceptors (Lipinski definition) is 2. The number of aromatic nitrogens is 2. The van der Waals surface area contributed by atoms with Crippen molar-refractivity contribution in [1.29, 1.82) is 0 Å². The minimum Gasteiger partial charge on any atom is -0.296 e. The van der Waals surface area contributed by atoms with Gasteiger partial charge in [0.05, 0.1) is 10.9 Å². The molecule has 0 saturated heterocycles. The fourth-order valence-electron chi connectivity index (χ4n) is 3.22. The van der Waals surface area contributed by atoms with Gasteiger partial charge in [-0.05, 0) is 41.3 Å². The van der Waals surface area contributed by atoms with E-state index in [1.165, 1.54) is 12.1 Å². The standard InChI is InChI=1S/C20H17FN2O/c1-13-9-19-22-18-11-15(6-5-14-3-2-4-16(21)10-14)7-8-17(18)20(24)23(19)12-13/h2-8,10-11,13H,9,12H2,1H3. The van der Waals surface area contributed by atoms with Gasteiger partial charge in [-0.2, -0.15) is 0 Å². The predicted octanol–water partition coefficient (Wildman–Crippen LogP) is 3.90. The minimum absolute atomic E-state index is 0.0417. The van der Waals surface area contributed by atoms with Crippen molar-refractivity contribution in [3.63, 3.8) is 0 Å². The van der Waals surface area contributed by atoms with Crippen molar-refractivity contribution in [3.8, 4) is 0 Å². The molecule has 2 heterocycles. The third kappa shape index (κ3) is 2.64. The smallest absolute Gasteiger partial charge is 0.261 e. The number of hydrogen-bond donors (Lipinski definition) is 0. The molecule has 0 saturated carbocycles. The van der Waals surface area contributed by atoms with Crippen LogP contribution >= 0.6 is 0 Å². The summed E-state index contributed by atoms with van der Waals surface area (Å²) < 4.78 is 15.0. The number of fused-ring (bicyclic) bond motifs is 2. The quantitative estimate of drug-likeness (QED) is 0.671. The molecule has 1 aromatic heterocycles. The summed E-state index contributed by atoms with van der Waals surface area (Å²) in [4.78, 5) is 17.2. The molecule has 2 aromatic carbocycles. The molecule has 1 aliphatic heterocycles. The van der Waals surface area contributed by atoms with E-state index in [1.807, 2.05) is 36.4 Å². The molecule has 3 nitrogen and oxygen atoms in total. The van der Waals surface area contributed by atoms with Gasteiger partial charge < -0.3 is 0 Å². The van der Waals surface area contributed by atoms with E-state index in [9.17, 15) is 9.18 Å². The van der Waals surface area contributed by atoms with Crippen LogP contribution in [0.3, 0.4) is 0 Å². The van der Waals surface area contributed by atoms with E-state index in [-0.39, 0.29) is 11.4 Å². The highest BCUT2D eigenvalue weighted by atomic mass is 19.1. The lowest BCUT2D eigenvalue weighted by Gasteiger charge is -2.05. The van der Waals surface area contributed by atoms with Crippen LogP contribution in [0, 0.1) is 11.7 Å². The molecule has 4 rings (SSSR count). The second-order valence-corrected chi connectivity index (χ2v) is 6.42. The Hall–Kier alpha value is -2.75. The highest BCUT2D eigenvalue weighted by molar-refractivity contribution is 5.82. The van der Waals surface area contributed by atoms with Gasteiger partial charge in [0.15, 0.2) is 0 Å². The Morgan fingerprint density at radius 1 is 1.17 bits per heavy atom. The summed E-state index contributed by atoms with van der Waals surface area (Å²) in [6, 6.07) is 12.1. The van der Waals surface area contributed by atoms with E-state index in [2.05, 4.69) is 11.9 Å². The zero-order chi connectivity index (χ0) is 16.7. The molecule has 4 heteroatoms. The summed E-state index contributed by atoms with van der Waals surface area (Å²) in [5.74, 6) is 1.07. The van der Waals surface area contributed by atoms with Gasteiger partial charge >= 0.3 is 0 Å². The second-order valence-electron chi connectivity index (χ2n) is 6.42. The lowest BCUT2D eigenvalue weighted by molar-refractivity contribution is 0.558. The third-order valence-corrected chi connectivity index (χ3v) is 4.40. The third-order valence-electron chi connectivity index (χ3n) is 4.40. The van der Waals surface area contributed by atoms with Gasteiger partial charge in [-0.3, -0.25) is 9.36 Å². The highest BCUT2D eigenvalue weighted by Crippen LogP contribution is 2.20. The summed E-state index contributed by atoms with van der Waals surface area (Å²) in [7, 11) is 0. The van der Waals surface area contributed by atoms with Crippen LogP contribution in [0.1, 0.15) is 23.9 Å². The Balaban J connectivity index is 1.74. The van der Waals surface area contributed by atoms with E-state index in [0.29, 0.717) is 11.3 Å². The first-order valence-corrected chi connectivity index (χ1v) is 8.07. The SMILES string of the molecule is CC1Cc2nc3cc(C=Cc4cccc(F)c4)ccc3c(=O)n2C1. The Bertz CT molecular complexity index is 1020. The van der Waals surface area contributed by atoms with Crippen LogP contribution in [0.2, 0.25) is 0 Å². The van der Waals surface area contributed by atoms with Crippen molar-refractivity contribution in [1.82, 2.24) is 9.55 Å². The van der Waals surface area contributed by atoms with Crippen molar-refractivity contribution in [2.45, 2.75) is 19.9 Å². The van der Waals surface area contributed by atoms with Crippen molar-refractivity contribution in [2.75, 3.05) is 0 Å². The number of nitrogens with zero attached hydrogens (tertiary/aromatic N) is 2. The second kappa shape index (κ2) is 5.71. The zero-order valence-corrected chi connectivity index (χ0v) is 13.4. The fraction of sp³-hybridized carbons (Fsp3) is 0.200. The first kappa shape index (κ1) is 14.8. The summed E-state index contributed by atoms with van der Waals surface area (Å²) in [6.07, 6.45) is 4.60. The molecular weight excluding hydrogens is 303 g/mol. The maximum Gasteiger partial charge on any atom is 0.261 e. The lowest BCUT2D eigenvalue weighted by Crippen LogP contribution is -2.21. The van der Waals surface area contributed by atoms with Gasteiger partial charge in [0.2, 0.25) is 0 Å². The van der Waals surface area contributed by atoms with Crippen molar-refractivity contribution in [2.24, 2.45) is 5.92 Å². The van der Waals surface area contributed by atoms with E-state index in [4.69, 9.17) is 0 Å². The van der Waals surface area contributed by atoms with Gasteiger partial charge in [-0.15, -0.1) is 0 Å². The van der Waals surface area contributed by atoms with Gasteiger partial charge in [0.1, 0.15) is 11.6 Å². The maximum atomic E-state index is 13.2. The molecule has 1 atom stereocenters. The number of rotatable bonds is 2. The summed E-state index contributed by atoms with van der Waals surface area (Å²) in [5, 5.41) is 0.649. The average molecular weight is 320 g/mol. The van der Waals surface area contributed by atoms with Crippen LogP contribution in [-0.2, 0) is 13.0 Å². The molecule has 0 amide bonds. The molecule has 0 bridgehead atoms. The van der Waals surface area contributed by atoms with Crippen molar-refractivity contribution in [3.05, 3.63) is 75.6 Å². The lowest BCUT2D eigenvalue weighted by atomic mass is 10.1.